The highest BCUT2D eigenvalue weighted by Crippen LogP contribution is 2.36. The van der Waals surface area contributed by atoms with Crippen LogP contribution in [-0.2, 0) is 10.3 Å². The molecule has 2 rings (SSSR count). The molecule has 0 aromatic heterocycles. The third kappa shape index (κ3) is 2.37. The fourth-order valence-electron chi connectivity index (χ4n) is 2.54. The van der Waals surface area contributed by atoms with Crippen molar-refractivity contribution in [1.29, 1.82) is 0 Å². The van der Waals surface area contributed by atoms with Gasteiger partial charge in [-0.1, -0.05) is 30.3 Å². The molecule has 0 radical (unpaired) electrons. The monoisotopic (exact) mass is 234 g/mol. The highest BCUT2D eigenvalue weighted by Gasteiger charge is 2.42. The van der Waals surface area contributed by atoms with Crippen LogP contribution in [0.3, 0.4) is 0 Å². The maximum Gasteiger partial charge on any atom is 0.121 e. The molecule has 2 unspecified atom stereocenters. The molecule has 0 aliphatic carbocycles. The summed E-state index contributed by atoms with van der Waals surface area (Å²) in [6.07, 6.45) is 0.242. The minimum absolute atomic E-state index is 0.531. The predicted octanol–water partition coefficient (Wildman–Crippen LogP) is 1.78. The summed E-state index contributed by atoms with van der Waals surface area (Å²) in [7, 11) is 3.89. The number of likely N-dealkylation sites (tertiary alicyclic amines) is 1. The lowest BCUT2D eigenvalue weighted by molar-refractivity contribution is -0.156. The maximum absolute atomic E-state index is 10.4. The summed E-state index contributed by atoms with van der Waals surface area (Å²) in [5, 5.41) is 10.4. The molecule has 94 valence electrons. The fraction of sp³-hybridized carbons (Fsp3) is 0.500. The molecular weight excluding hydrogens is 214 g/mol. The number of aliphatic hydroxyl groups excluding tert-OH is 1. The van der Waals surface area contributed by atoms with E-state index < -0.39 is 11.7 Å². The molecule has 1 N–H and O–H groups in total. The Morgan fingerprint density at radius 3 is 2.76 bits per heavy atom. The van der Waals surface area contributed by atoms with Crippen molar-refractivity contribution in [3.05, 3.63) is 42.9 Å². The molecule has 17 heavy (non-hydrogen) atoms. The van der Waals surface area contributed by atoms with Gasteiger partial charge in [-0.2, -0.15) is 0 Å². The molecule has 1 aliphatic rings. The van der Waals surface area contributed by atoms with E-state index in [0.717, 1.165) is 18.5 Å². The van der Waals surface area contributed by atoms with E-state index in [-0.39, 0.29) is 0 Å². The first-order valence-electron chi connectivity index (χ1n) is 6.12. The highest BCUT2D eigenvalue weighted by molar-refractivity contribution is 5.25. The van der Waals surface area contributed by atoms with Crippen LogP contribution in [0.5, 0.6) is 0 Å². The van der Waals surface area contributed by atoms with Crippen LogP contribution >= 0.6 is 0 Å². The molecular formula is C14H20NO2-. The molecule has 1 aliphatic heterocycles. The van der Waals surface area contributed by atoms with Crippen molar-refractivity contribution in [3.8, 4) is 0 Å². The number of piperidine rings is 1. The molecule has 1 heterocycles. The highest BCUT2D eigenvalue weighted by atomic mass is 16.5. The average Bonchev–Trinajstić information content (AvgIpc) is 2.34. The standard InChI is InChI=1S/C14H20NO2/c1-3-17-14(12-7-5-4-6-8-12)9-10-15(2)11-13(14)16/h4-8,13,16H,2-3,9-11H2,1H3/q-1. The number of hydrogen-bond donors (Lipinski definition) is 1. The summed E-state index contributed by atoms with van der Waals surface area (Å²) < 4.78 is 5.91. The van der Waals surface area contributed by atoms with E-state index in [1.165, 1.54) is 0 Å². The zero-order chi connectivity index (χ0) is 12.3. The van der Waals surface area contributed by atoms with Crippen molar-refractivity contribution < 1.29 is 9.84 Å². The van der Waals surface area contributed by atoms with Gasteiger partial charge in [0.25, 0.3) is 0 Å². The van der Waals surface area contributed by atoms with E-state index in [0.29, 0.717) is 13.2 Å². The van der Waals surface area contributed by atoms with Crippen LogP contribution in [0.15, 0.2) is 30.3 Å². The first kappa shape index (κ1) is 12.6. The number of benzene rings is 1. The van der Waals surface area contributed by atoms with Crippen LogP contribution < -0.4 is 0 Å². The lowest BCUT2D eigenvalue weighted by Gasteiger charge is -2.47. The Bertz CT molecular complexity index is 354. The van der Waals surface area contributed by atoms with Gasteiger partial charge in [0.2, 0.25) is 0 Å². The number of β-amino-alcohol motifs (C(OH)–C–C–N with tert-alkyl or cyclic N) is 1. The van der Waals surface area contributed by atoms with Crippen molar-refractivity contribution >= 4 is 0 Å². The number of rotatable bonds is 3. The predicted molar refractivity (Wildman–Crippen MR) is 67.3 cm³/mol. The van der Waals surface area contributed by atoms with E-state index in [4.69, 9.17) is 4.74 Å². The lowest BCUT2D eigenvalue weighted by atomic mass is 9.82. The van der Waals surface area contributed by atoms with E-state index in [1.54, 1.807) is 0 Å². The van der Waals surface area contributed by atoms with E-state index in [9.17, 15) is 5.11 Å². The fourth-order valence-corrected chi connectivity index (χ4v) is 2.54. The molecule has 3 heteroatoms. The van der Waals surface area contributed by atoms with Gasteiger partial charge in [0, 0.05) is 6.61 Å². The Balaban J connectivity index is 2.32. The molecule has 1 aromatic rings. The first-order valence-corrected chi connectivity index (χ1v) is 6.12. The average molecular weight is 234 g/mol. The van der Waals surface area contributed by atoms with Gasteiger partial charge in [0.15, 0.2) is 0 Å². The molecule has 0 spiro atoms. The zero-order valence-corrected chi connectivity index (χ0v) is 10.3. The van der Waals surface area contributed by atoms with Gasteiger partial charge >= 0.3 is 0 Å². The molecule has 2 atom stereocenters. The second kappa shape index (κ2) is 5.17. The second-order valence-electron chi connectivity index (χ2n) is 4.53. The van der Waals surface area contributed by atoms with Crippen LogP contribution in [0.2, 0.25) is 0 Å². The van der Waals surface area contributed by atoms with Gasteiger partial charge in [0.05, 0.1) is 6.10 Å². The topological polar surface area (TPSA) is 32.7 Å². The van der Waals surface area contributed by atoms with Crippen LogP contribution in [0.1, 0.15) is 18.9 Å². The first-order chi connectivity index (χ1) is 8.19. The van der Waals surface area contributed by atoms with Gasteiger partial charge in [-0.3, -0.25) is 7.05 Å². The van der Waals surface area contributed by atoms with Crippen LogP contribution in [0, 0.1) is 7.05 Å². The molecule has 0 saturated carbocycles. The normalized spacial score (nSPS) is 30.4. The quantitative estimate of drug-likeness (QED) is 0.809. The third-order valence-corrected chi connectivity index (χ3v) is 3.43. The Kier molecular flexibility index (Phi) is 3.82. The van der Waals surface area contributed by atoms with Crippen molar-refractivity contribution in [2.75, 3.05) is 19.7 Å². The van der Waals surface area contributed by atoms with Crippen LogP contribution in [0.4, 0.5) is 0 Å². The summed E-state index contributed by atoms with van der Waals surface area (Å²) in [5.74, 6) is 0. The summed E-state index contributed by atoms with van der Waals surface area (Å²) in [6, 6.07) is 10.0. The Morgan fingerprint density at radius 1 is 1.47 bits per heavy atom. The molecule has 0 amide bonds. The van der Waals surface area contributed by atoms with Crippen molar-refractivity contribution in [2.45, 2.75) is 25.0 Å². The number of hydrogen-bond acceptors (Lipinski definition) is 3. The zero-order valence-electron chi connectivity index (χ0n) is 10.3. The molecule has 1 fully saturated rings. The maximum atomic E-state index is 10.4. The van der Waals surface area contributed by atoms with Crippen LogP contribution in [0.25, 0.3) is 0 Å². The van der Waals surface area contributed by atoms with Gasteiger partial charge in [0.1, 0.15) is 5.60 Å². The van der Waals surface area contributed by atoms with Crippen molar-refractivity contribution in [2.24, 2.45) is 0 Å². The van der Waals surface area contributed by atoms with Crippen LogP contribution in [-0.4, -0.2) is 35.8 Å². The molecule has 0 bridgehead atoms. The Morgan fingerprint density at radius 2 is 2.18 bits per heavy atom. The number of ether oxygens (including phenoxy) is 1. The smallest absolute Gasteiger partial charge is 0.121 e. The summed E-state index contributed by atoms with van der Waals surface area (Å²) >= 11 is 0. The van der Waals surface area contributed by atoms with E-state index in [2.05, 4.69) is 7.05 Å². The number of aliphatic hydroxyl groups is 1. The van der Waals surface area contributed by atoms with E-state index in [1.807, 2.05) is 42.2 Å². The summed E-state index contributed by atoms with van der Waals surface area (Å²) in [6.45, 7) is 3.96. The van der Waals surface area contributed by atoms with Crippen molar-refractivity contribution in [3.63, 3.8) is 0 Å². The second-order valence-corrected chi connectivity index (χ2v) is 4.53. The van der Waals surface area contributed by atoms with Gasteiger partial charge in [-0.15, -0.1) is 0 Å². The third-order valence-electron chi connectivity index (χ3n) is 3.43. The molecule has 3 nitrogen and oxygen atoms in total. The largest absolute Gasteiger partial charge is 0.457 e. The van der Waals surface area contributed by atoms with Crippen molar-refractivity contribution in [1.82, 2.24) is 4.90 Å². The Hall–Kier alpha value is -0.900. The minimum atomic E-state index is -0.565. The van der Waals surface area contributed by atoms with Gasteiger partial charge in [-0.25, -0.2) is 0 Å². The van der Waals surface area contributed by atoms with Gasteiger partial charge < -0.3 is 14.7 Å². The minimum Gasteiger partial charge on any atom is -0.457 e. The molecule has 1 aromatic carbocycles. The van der Waals surface area contributed by atoms with E-state index >= 15 is 0 Å². The Labute approximate surface area is 103 Å². The SMILES string of the molecule is [CH2-]N1CCC(OCC)(c2ccccc2)C(O)C1. The summed E-state index contributed by atoms with van der Waals surface area (Å²) in [4.78, 5) is 1.89. The lowest BCUT2D eigenvalue weighted by Crippen LogP contribution is -2.53. The molecule has 1 saturated heterocycles. The van der Waals surface area contributed by atoms with Gasteiger partial charge in [-0.05, 0) is 32.0 Å². The number of nitrogens with zero attached hydrogens (tertiary/aromatic N) is 1. The summed E-state index contributed by atoms with van der Waals surface area (Å²) in [5.41, 5.74) is 0.493.